The van der Waals surface area contributed by atoms with E-state index in [0.717, 1.165) is 16.3 Å². The van der Waals surface area contributed by atoms with E-state index in [9.17, 15) is 9.59 Å². The minimum atomic E-state index is -0.571. The van der Waals surface area contributed by atoms with Gasteiger partial charge < -0.3 is 14.4 Å². The third-order valence-corrected chi connectivity index (χ3v) is 4.92. The number of para-hydroxylation sites is 1. The molecule has 156 valence electrons. The summed E-state index contributed by atoms with van der Waals surface area (Å²) in [6, 6.07) is 11.5. The Kier molecular flexibility index (Phi) is 9.29. The number of ether oxygens (including phenoxy) is 2. The van der Waals surface area contributed by atoms with E-state index in [1.807, 2.05) is 43.3 Å². The molecule has 1 aromatic carbocycles. The largest absolute Gasteiger partial charge is 0.493 e. The van der Waals surface area contributed by atoms with Crippen molar-refractivity contribution in [3.63, 3.8) is 0 Å². The van der Waals surface area contributed by atoms with Crippen molar-refractivity contribution in [1.29, 1.82) is 10.5 Å². The second kappa shape index (κ2) is 12.2. The number of nitrogens with zero attached hydrogens (tertiary/aromatic N) is 4. The predicted octanol–water partition coefficient (Wildman–Crippen LogP) is 2.95. The molecule has 0 bridgehead atoms. The summed E-state index contributed by atoms with van der Waals surface area (Å²) in [5.41, 5.74) is 1.40. The van der Waals surface area contributed by atoms with Crippen molar-refractivity contribution in [1.82, 2.24) is 9.88 Å². The highest BCUT2D eigenvalue weighted by molar-refractivity contribution is 7.13. The van der Waals surface area contributed by atoms with E-state index >= 15 is 0 Å². The van der Waals surface area contributed by atoms with Gasteiger partial charge in [-0.1, -0.05) is 12.1 Å². The van der Waals surface area contributed by atoms with Crippen LogP contribution in [0.15, 0.2) is 29.6 Å². The van der Waals surface area contributed by atoms with Crippen molar-refractivity contribution < 1.29 is 19.1 Å². The van der Waals surface area contributed by atoms with E-state index in [1.54, 1.807) is 5.38 Å². The third-order valence-electron chi connectivity index (χ3n) is 3.99. The SMILES string of the molecule is CCOc1ccccc1-c1nc(CC(=O)OCC(=O)N(CCC#N)CCC#N)cs1. The van der Waals surface area contributed by atoms with Crippen molar-refractivity contribution >= 4 is 23.2 Å². The van der Waals surface area contributed by atoms with Crippen LogP contribution in [0, 0.1) is 22.7 Å². The monoisotopic (exact) mass is 426 g/mol. The topological polar surface area (TPSA) is 116 Å². The van der Waals surface area contributed by atoms with Crippen molar-refractivity contribution in [3.05, 3.63) is 35.3 Å². The molecule has 0 aliphatic carbocycles. The molecular weight excluding hydrogens is 404 g/mol. The fourth-order valence-electron chi connectivity index (χ4n) is 2.60. The van der Waals surface area contributed by atoms with E-state index in [-0.39, 0.29) is 32.4 Å². The Morgan fingerprint density at radius 1 is 1.17 bits per heavy atom. The van der Waals surface area contributed by atoms with Gasteiger partial charge in [-0.3, -0.25) is 9.59 Å². The van der Waals surface area contributed by atoms with Gasteiger partial charge in [0.2, 0.25) is 0 Å². The second-order valence-corrected chi connectivity index (χ2v) is 6.97. The normalized spacial score (nSPS) is 9.97. The van der Waals surface area contributed by atoms with E-state index in [0.29, 0.717) is 12.3 Å². The standard InChI is InChI=1S/C21H22N4O4S/c1-2-28-18-8-4-3-7-17(18)21-24-16(15-30-21)13-20(27)29-14-19(26)25(11-5-9-22)12-6-10-23/h3-4,7-8,15H,2,5-6,11-14H2,1H3. The van der Waals surface area contributed by atoms with E-state index in [4.69, 9.17) is 20.0 Å². The molecule has 0 saturated heterocycles. The first-order valence-electron chi connectivity index (χ1n) is 9.43. The highest BCUT2D eigenvalue weighted by Gasteiger charge is 2.17. The lowest BCUT2D eigenvalue weighted by Crippen LogP contribution is -2.36. The average Bonchev–Trinajstić information content (AvgIpc) is 3.21. The van der Waals surface area contributed by atoms with Gasteiger partial charge >= 0.3 is 5.97 Å². The lowest BCUT2D eigenvalue weighted by atomic mass is 10.2. The molecule has 0 aliphatic heterocycles. The fraction of sp³-hybridized carbons (Fsp3) is 0.381. The number of aromatic nitrogens is 1. The number of carbonyl (C=O) groups excluding carboxylic acids is 2. The maximum atomic E-state index is 12.2. The van der Waals surface area contributed by atoms with Crippen molar-refractivity contribution in [3.8, 4) is 28.5 Å². The van der Waals surface area contributed by atoms with Gasteiger partial charge in [-0.15, -0.1) is 11.3 Å². The van der Waals surface area contributed by atoms with Gasteiger partial charge in [0.1, 0.15) is 10.8 Å². The van der Waals surface area contributed by atoms with E-state index in [2.05, 4.69) is 4.98 Å². The molecule has 0 fully saturated rings. The zero-order chi connectivity index (χ0) is 21.8. The average molecular weight is 426 g/mol. The molecule has 0 unspecified atom stereocenters. The van der Waals surface area contributed by atoms with Crippen molar-refractivity contribution in [2.24, 2.45) is 0 Å². The van der Waals surface area contributed by atoms with Crippen LogP contribution in [-0.4, -0.2) is 48.1 Å². The molecule has 1 heterocycles. The molecule has 0 N–H and O–H groups in total. The van der Waals surface area contributed by atoms with Crippen LogP contribution in [0.3, 0.4) is 0 Å². The van der Waals surface area contributed by atoms with Crippen LogP contribution in [0.4, 0.5) is 0 Å². The third kappa shape index (κ3) is 6.87. The number of thiazole rings is 1. The zero-order valence-electron chi connectivity index (χ0n) is 16.7. The van der Waals surface area contributed by atoms with Gasteiger partial charge in [0.25, 0.3) is 5.91 Å². The Labute approximate surface area is 179 Å². The first-order valence-corrected chi connectivity index (χ1v) is 10.3. The molecule has 0 saturated carbocycles. The summed E-state index contributed by atoms with van der Waals surface area (Å²) in [6.07, 6.45) is 0.239. The summed E-state index contributed by atoms with van der Waals surface area (Å²) in [5, 5.41) is 19.9. The van der Waals surface area contributed by atoms with E-state index in [1.165, 1.54) is 16.2 Å². The smallest absolute Gasteiger partial charge is 0.312 e. The molecule has 0 radical (unpaired) electrons. The quantitative estimate of drug-likeness (QED) is 0.507. The zero-order valence-corrected chi connectivity index (χ0v) is 17.5. The molecule has 0 atom stereocenters. The maximum absolute atomic E-state index is 12.2. The molecule has 1 amide bonds. The Morgan fingerprint density at radius 2 is 1.87 bits per heavy atom. The van der Waals surface area contributed by atoms with Crippen LogP contribution in [-0.2, 0) is 20.7 Å². The Morgan fingerprint density at radius 3 is 2.53 bits per heavy atom. The van der Waals surface area contributed by atoms with Gasteiger partial charge in [0.05, 0.1) is 49.3 Å². The van der Waals surface area contributed by atoms with Gasteiger partial charge in [-0.25, -0.2) is 4.98 Å². The number of hydrogen-bond donors (Lipinski definition) is 0. The van der Waals surface area contributed by atoms with Crippen molar-refractivity contribution in [2.75, 3.05) is 26.3 Å². The summed E-state index contributed by atoms with van der Waals surface area (Å²) in [6.45, 7) is 2.41. The summed E-state index contributed by atoms with van der Waals surface area (Å²) in [4.78, 5) is 30.2. The first-order chi connectivity index (χ1) is 14.6. The molecule has 0 spiro atoms. The minimum Gasteiger partial charge on any atom is -0.493 e. The number of nitriles is 2. The van der Waals surface area contributed by atoms with Crippen LogP contribution < -0.4 is 4.74 Å². The molecule has 30 heavy (non-hydrogen) atoms. The van der Waals surface area contributed by atoms with Gasteiger partial charge in [-0.05, 0) is 19.1 Å². The van der Waals surface area contributed by atoms with Crippen LogP contribution >= 0.6 is 11.3 Å². The van der Waals surface area contributed by atoms with Crippen LogP contribution in [0.2, 0.25) is 0 Å². The second-order valence-electron chi connectivity index (χ2n) is 6.11. The number of hydrogen-bond acceptors (Lipinski definition) is 8. The van der Waals surface area contributed by atoms with Gasteiger partial charge in [-0.2, -0.15) is 10.5 Å². The molecular formula is C21H22N4O4S. The van der Waals surface area contributed by atoms with Crippen LogP contribution in [0.25, 0.3) is 10.6 Å². The van der Waals surface area contributed by atoms with Gasteiger partial charge in [0, 0.05) is 18.5 Å². The number of carbonyl (C=O) groups is 2. The summed E-state index contributed by atoms with van der Waals surface area (Å²) in [7, 11) is 0. The highest BCUT2D eigenvalue weighted by Crippen LogP contribution is 2.32. The molecule has 8 nitrogen and oxygen atoms in total. The van der Waals surface area contributed by atoms with Crippen LogP contribution in [0.5, 0.6) is 5.75 Å². The minimum absolute atomic E-state index is 0.0586. The van der Waals surface area contributed by atoms with Crippen LogP contribution in [0.1, 0.15) is 25.5 Å². The summed E-state index contributed by atoms with van der Waals surface area (Å²) >= 11 is 1.40. The highest BCUT2D eigenvalue weighted by atomic mass is 32.1. The summed E-state index contributed by atoms with van der Waals surface area (Å²) < 4.78 is 10.7. The Balaban J connectivity index is 1.92. The first kappa shape index (κ1) is 22.9. The Hall–Kier alpha value is -3.43. The number of amides is 1. The fourth-order valence-corrected chi connectivity index (χ4v) is 3.45. The number of esters is 1. The molecule has 9 heteroatoms. The summed E-state index contributed by atoms with van der Waals surface area (Å²) in [5.74, 6) is -0.277. The predicted molar refractivity (Wildman–Crippen MR) is 110 cm³/mol. The van der Waals surface area contributed by atoms with Crippen molar-refractivity contribution in [2.45, 2.75) is 26.2 Å². The molecule has 2 rings (SSSR count). The maximum Gasteiger partial charge on any atom is 0.312 e. The lowest BCUT2D eigenvalue weighted by Gasteiger charge is -2.19. The lowest BCUT2D eigenvalue weighted by molar-refractivity contribution is -0.151. The van der Waals surface area contributed by atoms with E-state index < -0.39 is 18.5 Å². The van der Waals surface area contributed by atoms with Gasteiger partial charge in [0.15, 0.2) is 6.61 Å². The molecule has 2 aromatic rings. The molecule has 0 aliphatic rings. The number of rotatable bonds is 11. The number of benzene rings is 1. The Bertz CT molecular complexity index is 927. The molecule has 1 aromatic heterocycles.